The number of hydrogen-bond donors (Lipinski definition) is 2. The topological polar surface area (TPSA) is 105 Å². The maximum atomic E-state index is 13.3. The summed E-state index contributed by atoms with van der Waals surface area (Å²) < 4.78 is 45.6. The van der Waals surface area contributed by atoms with Gasteiger partial charge in [-0.05, 0) is 54.6 Å². The van der Waals surface area contributed by atoms with Gasteiger partial charge < -0.3 is 9.73 Å². The minimum atomic E-state index is -3.95. The van der Waals surface area contributed by atoms with Gasteiger partial charge in [0.1, 0.15) is 17.0 Å². The fourth-order valence-corrected chi connectivity index (χ4v) is 3.95. The molecule has 0 radical (unpaired) electrons. The van der Waals surface area contributed by atoms with Crippen molar-refractivity contribution in [2.75, 3.05) is 10.0 Å². The van der Waals surface area contributed by atoms with E-state index in [0.717, 1.165) is 6.07 Å². The lowest BCUT2D eigenvalue weighted by Crippen LogP contribution is -2.20. The summed E-state index contributed by atoms with van der Waals surface area (Å²) in [6, 6.07) is 18.6. The lowest BCUT2D eigenvalue weighted by atomic mass is 10.1. The van der Waals surface area contributed by atoms with Gasteiger partial charge in [0.15, 0.2) is 0 Å². The predicted octanol–water partition coefficient (Wildman–Crippen LogP) is 3.99. The second-order valence-electron chi connectivity index (χ2n) is 6.58. The Morgan fingerprint density at radius 3 is 2.35 bits per heavy atom. The first-order chi connectivity index (χ1) is 14.8. The van der Waals surface area contributed by atoms with Crippen LogP contribution >= 0.6 is 0 Å². The zero-order valence-electron chi connectivity index (χ0n) is 15.8. The Labute approximate surface area is 176 Å². The molecule has 0 saturated carbocycles. The summed E-state index contributed by atoms with van der Waals surface area (Å²) in [7, 11) is -3.95. The fraction of sp³-hybridized carbons (Fsp3) is 0. The van der Waals surface area contributed by atoms with E-state index in [0.29, 0.717) is 11.0 Å². The van der Waals surface area contributed by atoms with Crippen LogP contribution in [0.3, 0.4) is 0 Å². The number of carbonyl (C=O) groups is 1. The first kappa shape index (κ1) is 20.3. The van der Waals surface area contributed by atoms with Crippen LogP contribution in [0.1, 0.15) is 10.4 Å². The molecule has 0 bridgehead atoms. The fourth-order valence-electron chi connectivity index (χ4n) is 2.90. The Kier molecular flexibility index (Phi) is 5.26. The molecular formula is C22H15FN2O5S. The first-order valence-electron chi connectivity index (χ1n) is 9.04. The Morgan fingerprint density at radius 2 is 1.61 bits per heavy atom. The van der Waals surface area contributed by atoms with E-state index in [1.807, 2.05) is 0 Å². The van der Waals surface area contributed by atoms with Crippen molar-refractivity contribution in [2.45, 2.75) is 4.90 Å². The number of nitrogens with one attached hydrogen (secondary N) is 2. The van der Waals surface area contributed by atoms with Gasteiger partial charge >= 0.3 is 5.63 Å². The number of para-hydroxylation sites is 1. The Bertz CT molecular complexity index is 1450. The average molecular weight is 438 g/mol. The maximum absolute atomic E-state index is 13.3. The van der Waals surface area contributed by atoms with E-state index in [2.05, 4.69) is 10.0 Å². The van der Waals surface area contributed by atoms with Crippen LogP contribution in [0.5, 0.6) is 0 Å². The molecule has 0 atom stereocenters. The van der Waals surface area contributed by atoms with Gasteiger partial charge in [0.05, 0.1) is 10.6 Å². The molecule has 0 saturated heterocycles. The number of rotatable bonds is 5. The number of amides is 1. The van der Waals surface area contributed by atoms with Crippen LogP contribution < -0.4 is 15.7 Å². The van der Waals surface area contributed by atoms with Crippen molar-refractivity contribution >= 4 is 38.3 Å². The molecule has 0 aliphatic rings. The Morgan fingerprint density at radius 1 is 0.871 bits per heavy atom. The smallest absolute Gasteiger partial charge is 0.349 e. The molecule has 156 valence electrons. The summed E-state index contributed by atoms with van der Waals surface area (Å²) in [6.07, 6.45) is 0. The van der Waals surface area contributed by atoms with E-state index in [4.69, 9.17) is 4.42 Å². The standard InChI is InChI=1S/C22H15FN2O5S/c23-15-5-3-6-17(13-15)25-31(28,29)18-10-8-16(9-11-18)24-21(26)19-12-14-4-1-2-7-20(14)30-22(19)27/h1-13,25H,(H,24,26). The molecule has 4 aromatic rings. The van der Waals surface area contributed by atoms with E-state index in [1.165, 1.54) is 48.5 Å². The van der Waals surface area contributed by atoms with Crippen LogP contribution in [-0.4, -0.2) is 14.3 Å². The number of anilines is 2. The van der Waals surface area contributed by atoms with Crippen LogP contribution in [0.25, 0.3) is 11.0 Å². The molecule has 4 rings (SSSR count). The van der Waals surface area contributed by atoms with Gasteiger partial charge in [-0.2, -0.15) is 0 Å². The summed E-state index contributed by atoms with van der Waals surface area (Å²) >= 11 is 0. The van der Waals surface area contributed by atoms with Crippen molar-refractivity contribution < 1.29 is 22.0 Å². The summed E-state index contributed by atoms with van der Waals surface area (Å²) in [4.78, 5) is 24.5. The van der Waals surface area contributed by atoms with Crippen molar-refractivity contribution in [3.8, 4) is 0 Å². The third kappa shape index (κ3) is 4.46. The first-order valence-corrected chi connectivity index (χ1v) is 10.5. The maximum Gasteiger partial charge on any atom is 0.349 e. The van der Waals surface area contributed by atoms with E-state index in [-0.39, 0.29) is 21.8 Å². The molecule has 3 aromatic carbocycles. The second kappa shape index (κ2) is 8.04. The van der Waals surface area contributed by atoms with Crippen LogP contribution in [0.2, 0.25) is 0 Å². The normalized spacial score (nSPS) is 11.3. The molecule has 1 heterocycles. The molecule has 1 aromatic heterocycles. The van der Waals surface area contributed by atoms with Crippen LogP contribution in [0, 0.1) is 5.82 Å². The number of benzene rings is 3. The highest BCUT2D eigenvalue weighted by Crippen LogP contribution is 2.20. The highest BCUT2D eigenvalue weighted by atomic mass is 32.2. The lowest BCUT2D eigenvalue weighted by molar-refractivity contribution is 0.102. The summed E-state index contributed by atoms with van der Waals surface area (Å²) in [5.74, 6) is -1.26. The monoisotopic (exact) mass is 438 g/mol. The number of sulfonamides is 1. The van der Waals surface area contributed by atoms with Crippen molar-refractivity contribution in [3.63, 3.8) is 0 Å². The number of carbonyl (C=O) groups excluding carboxylic acids is 1. The molecule has 0 aliphatic carbocycles. The molecule has 31 heavy (non-hydrogen) atoms. The van der Waals surface area contributed by atoms with E-state index in [9.17, 15) is 22.4 Å². The minimum Gasteiger partial charge on any atom is -0.422 e. The quantitative estimate of drug-likeness (QED) is 0.459. The van der Waals surface area contributed by atoms with Gasteiger partial charge in [-0.3, -0.25) is 9.52 Å². The van der Waals surface area contributed by atoms with Gasteiger partial charge in [0.2, 0.25) is 0 Å². The molecule has 1 amide bonds. The SMILES string of the molecule is O=C(Nc1ccc(S(=O)(=O)Nc2cccc(F)c2)cc1)c1cc2ccccc2oc1=O. The van der Waals surface area contributed by atoms with E-state index in [1.54, 1.807) is 24.3 Å². The molecular weight excluding hydrogens is 423 g/mol. The highest BCUT2D eigenvalue weighted by Gasteiger charge is 2.17. The number of hydrogen-bond acceptors (Lipinski definition) is 5. The molecule has 2 N–H and O–H groups in total. The van der Waals surface area contributed by atoms with E-state index < -0.39 is 27.4 Å². The highest BCUT2D eigenvalue weighted by molar-refractivity contribution is 7.92. The Balaban J connectivity index is 1.53. The zero-order chi connectivity index (χ0) is 22.0. The van der Waals surface area contributed by atoms with Crippen molar-refractivity contribution in [1.82, 2.24) is 0 Å². The number of halogens is 1. The van der Waals surface area contributed by atoms with Crippen LogP contribution in [0.15, 0.2) is 93.0 Å². The summed E-state index contributed by atoms with van der Waals surface area (Å²) in [5.41, 5.74) is -0.232. The van der Waals surface area contributed by atoms with Gasteiger partial charge in [-0.25, -0.2) is 17.6 Å². The third-order valence-corrected chi connectivity index (χ3v) is 5.78. The molecule has 0 aliphatic heterocycles. The van der Waals surface area contributed by atoms with Gasteiger partial charge in [-0.1, -0.05) is 24.3 Å². The average Bonchev–Trinajstić information content (AvgIpc) is 2.73. The van der Waals surface area contributed by atoms with Crippen LogP contribution in [0.4, 0.5) is 15.8 Å². The largest absolute Gasteiger partial charge is 0.422 e. The second-order valence-corrected chi connectivity index (χ2v) is 8.26. The van der Waals surface area contributed by atoms with Gasteiger partial charge in [0.25, 0.3) is 15.9 Å². The molecule has 9 heteroatoms. The molecule has 7 nitrogen and oxygen atoms in total. The van der Waals surface area contributed by atoms with Crippen molar-refractivity contribution in [3.05, 3.63) is 101 Å². The zero-order valence-corrected chi connectivity index (χ0v) is 16.6. The van der Waals surface area contributed by atoms with Crippen molar-refractivity contribution in [2.24, 2.45) is 0 Å². The summed E-state index contributed by atoms with van der Waals surface area (Å²) in [5, 5.41) is 3.13. The van der Waals surface area contributed by atoms with E-state index >= 15 is 0 Å². The van der Waals surface area contributed by atoms with Gasteiger partial charge in [0, 0.05) is 11.1 Å². The number of fused-ring (bicyclic) bond motifs is 1. The lowest BCUT2D eigenvalue weighted by Gasteiger charge is -2.09. The molecule has 0 unspecified atom stereocenters. The summed E-state index contributed by atoms with van der Waals surface area (Å²) in [6.45, 7) is 0. The molecule has 0 spiro atoms. The third-order valence-electron chi connectivity index (χ3n) is 4.39. The Hall–Kier alpha value is -3.98. The predicted molar refractivity (Wildman–Crippen MR) is 114 cm³/mol. The molecule has 0 fully saturated rings. The van der Waals surface area contributed by atoms with Crippen molar-refractivity contribution in [1.29, 1.82) is 0 Å². The van der Waals surface area contributed by atoms with Gasteiger partial charge in [-0.15, -0.1) is 0 Å². The minimum absolute atomic E-state index is 0.0834. The van der Waals surface area contributed by atoms with Crippen LogP contribution in [-0.2, 0) is 10.0 Å².